The van der Waals surface area contributed by atoms with Crippen molar-refractivity contribution in [3.8, 4) is 5.82 Å². The van der Waals surface area contributed by atoms with E-state index in [-0.39, 0.29) is 17.6 Å². The molecule has 1 saturated heterocycles. The third-order valence-corrected chi connectivity index (χ3v) is 5.46. The van der Waals surface area contributed by atoms with Crippen LogP contribution in [0.25, 0.3) is 5.82 Å². The summed E-state index contributed by atoms with van der Waals surface area (Å²) in [5.41, 5.74) is 0.909. The standard InChI is InChI=1S/C19H21N7O2/c27-19-6-5-18(25-8-2-7-22-25)24-26(19)16-11-28-10-15(16)23-17-9-14(20-12-21-17)13-3-1-4-13/h2,5-9,12-13,15-16H,1,3-4,10-11H2,(H,20,21,23). The van der Waals surface area contributed by atoms with Gasteiger partial charge in [-0.05, 0) is 25.0 Å². The molecule has 9 nitrogen and oxygen atoms in total. The number of ether oxygens (including phenoxy) is 1. The molecule has 0 radical (unpaired) electrons. The third-order valence-electron chi connectivity index (χ3n) is 5.46. The molecule has 0 spiro atoms. The summed E-state index contributed by atoms with van der Waals surface area (Å²) in [6.45, 7) is 0.890. The molecular weight excluding hydrogens is 358 g/mol. The molecule has 3 aromatic rings. The van der Waals surface area contributed by atoms with E-state index in [0.717, 1.165) is 11.5 Å². The molecule has 2 fully saturated rings. The quantitative estimate of drug-likeness (QED) is 0.718. The average molecular weight is 379 g/mol. The second-order valence-electron chi connectivity index (χ2n) is 7.24. The topological polar surface area (TPSA) is 99.8 Å². The number of rotatable bonds is 5. The SMILES string of the molecule is O=c1ccc(-n2cccn2)nn1C1COCC1Nc1cc(C2CCC2)ncn1. The molecule has 0 amide bonds. The summed E-state index contributed by atoms with van der Waals surface area (Å²) in [5, 5.41) is 12.1. The van der Waals surface area contributed by atoms with Crippen LogP contribution in [0.1, 0.15) is 36.9 Å². The molecule has 0 bridgehead atoms. The fourth-order valence-corrected chi connectivity index (χ4v) is 3.67. The molecule has 144 valence electrons. The van der Waals surface area contributed by atoms with Crippen LogP contribution >= 0.6 is 0 Å². The average Bonchev–Trinajstić information content (AvgIpc) is 3.33. The van der Waals surface area contributed by atoms with Crippen LogP contribution < -0.4 is 10.9 Å². The van der Waals surface area contributed by atoms with Crippen molar-refractivity contribution >= 4 is 5.82 Å². The molecule has 3 aromatic heterocycles. The predicted molar refractivity (Wildman–Crippen MR) is 102 cm³/mol. The van der Waals surface area contributed by atoms with Crippen LogP contribution in [0.5, 0.6) is 0 Å². The van der Waals surface area contributed by atoms with Crippen molar-refractivity contribution in [3.63, 3.8) is 0 Å². The molecule has 4 heterocycles. The Balaban J connectivity index is 1.40. The van der Waals surface area contributed by atoms with Crippen molar-refractivity contribution in [2.24, 2.45) is 0 Å². The van der Waals surface area contributed by atoms with Gasteiger partial charge in [0.1, 0.15) is 18.2 Å². The number of anilines is 1. The van der Waals surface area contributed by atoms with Crippen molar-refractivity contribution in [2.45, 2.75) is 37.3 Å². The lowest BCUT2D eigenvalue weighted by atomic mass is 9.83. The maximum Gasteiger partial charge on any atom is 0.267 e. The maximum absolute atomic E-state index is 12.5. The minimum absolute atomic E-state index is 0.109. The highest BCUT2D eigenvalue weighted by Crippen LogP contribution is 2.35. The highest BCUT2D eigenvalue weighted by Gasteiger charge is 2.32. The van der Waals surface area contributed by atoms with E-state index in [1.165, 1.54) is 30.0 Å². The van der Waals surface area contributed by atoms with E-state index in [1.807, 2.05) is 12.1 Å². The van der Waals surface area contributed by atoms with Crippen molar-refractivity contribution in [2.75, 3.05) is 18.5 Å². The second-order valence-corrected chi connectivity index (χ2v) is 7.24. The summed E-state index contributed by atoms with van der Waals surface area (Å²) in [5.74, 6) is 1.88. The lowest BCUT2D eigenvalue weighted by Crippen LogP contribution is -2.37. The number of nitrogens with zero attached hydrogens (tertiary/aromatic N) is 6. The Bertz CT molecular complexity index is 1010. The molecule has 9 heteroatoms. The first-order chi connectivity index (χ1) is 13.8. The third kappa shape index (κ3) is 3.18. The molecule has 1 N–H and O–H groups in total. The van der Waals surface area contributed by atoms with E-state index in [1.54, 1.807) is 29.5 Å². The largest absolute Gasteiger partial charge is 0.377 e. The van der Waals surface area contributed by atoms with Gasteiger partial charge >= 0.3 is 0 Å². The first-order valence-electron chi connectivity index (χ1n) is 9.54. The van der Waals surface area contributed by atoms with E-state index in [4.69, 9.17) is 4.74 Å². The van der Waals surface area contributed by atoms with Gasteiger partial charge in [-0.25, -0.2) is 19.3 Å². The molecule has 1 saturated carbocycles. The molecule has 1 aliphatic heterocycles. The van der Waals surface area contributed by atoms with Crippen LogP contribution in [0.2, 0.25) is 0 Å². The smallest absolute Gasteiger partial charge is 0.267 e. The van der Waals surface area contributed by atoms with Gasteiger partial charge in [-0.15, -0.1) is 5.10 Å². The van der Waals surface area contributed by atoms with Crippen LogP contribution in [0, 0.1) is 0 Å². The highest BCUT2D eigenvalue weighted by molar-refractivity contribution is 5.38. The van der Waals surface area contributed by atoms with Gasteiger partial charge in [-0.2, -0.15) is 5.10 Å². The van der Waals surface area contributed by atoms with E-state index >= 15 is 0 Å². The molecule has 0 aromatic carbocycles. The molecule has 2 atom stereocenters. The Kier molecular flexibility index (Phi) is 4.36. The van der Waals surface area contributed by atoms with Gasteiger partial charge < -0.3 is 10.1 Å². The van der Waals surface area contributed by atoms with Gasteiger partial charge in [-0.3, -0.25) is 4.79 Å². The van der Waals surface area contributed by atoms with Crippen molar-refractivity contribution in [3.05, 3.63) is 59.0 Å². The Labute approximate surface area is 161 Å². The zero-order chi connectivity index (χ0) is 18.9. The first-order valence-corrected chi connectivity index (χ1v) is 9.54. The second kappa shape index (κ2) is 7.16. The number of hydrogen-bond donors (Lipinski definition) is 1. The zero-order valence-corrected chi connectivity index (χ0v) is 15.3. The Morgan fingerprint density at radius 3 is 2.89 bits per heavy atom. The van der Waals surface area contributed by atoms with Crippen LogP contribution in [0.15, 0.2) is 47.8 Å². The van der Waals surface area contributed by atoms with Crippen LogP contribution in [-0.4, -0.2) is 48.8 Å². The molecule has 28 heavy (non-hydrogen) atoms. The van der Waals surface area contributed by atoms with Gasteiger partial charge in [0.25, 0.3) is 5.56 Å². The summed E-state index contributed by atoms with van der Waals surface area (Å²) < 4.78 is 8.77. The highest BCUT2D eigenvalue weighted by atomic mass is 16.5. The maximum atomic E-state index is 12.5. The molecule has 2 aliphatic rings. The van der Waals surface area contributed by atoms with Gasteiger partial charge in [0.2, 0.25) is 0 Å². The fraction of sp³-hybridized carbons (Fsp3) is 0.421. The number of nitrogens with one attached hydrogen (secondary N) is 1. The summed E-state index contributed by atoms with van der Waals surface area (Å²) in [7, 11) is 0. The van der Waals surface area contributed by atoms with Crippen LogP contribution in [-0.2, 0) is 4.74 Å². The summed E-state index contributed by atoms with van der Waals surface area (Å²) in [6.07, 6.45) is 8.70. The summed E-state index contributed by atoms with van der Waals surface area (Å²) >= 11 is 0. The minimum Gasteiger partial charge on any atom is -0.377 e. The monoisotopic (exact) mass is 379 g/mol. The molecular formula is C19H21N7O2. The van der Waals surface area contributed by atoms with E-state index < -0.39 is 0 Å². The van der Waals surface area contributed by atoms with Crippen molar-refractivity contribution in [1.82, 2.24) is 29.5 Å². The lowest BCUT2D eigenvalue weighted by Gasteiger charge is -2.25. The Morgan fingerprint density at radius 2 is 2.11 bits per heavy atom. The number of aromatic nitrogens is 6. The zero-order valence-electron chi connectivity index (χ0n) is 15.3. The van der Waals surface area contributed by atoms with Gasteiger partial charge in [-0.1, -0.05) is 6.42 Å². The normalized spacial score (nSPS) is 22.1. The van der Waals surface area contributed by atoms with E-state index in [0.29, 0.717) is 24.9 Å². The van der Waals surface area contributed by atoms with Gasteiger partial charge in [0.05, 0.1) is 19.3 Å². The number of hydrogen-bond acceptors (Lipinski definition) is 7. The van der Waals surface area contributed by atoms with Gasteiger partial charge in [0.15, 0.2) is 5.82 Å². The van der Waals surface area contributed by atoms with Crippen molar-refractivity contribution in [1.29, 1.82) is 0 Å². The predicted octanol–water partition coefficient (Wildman–Crippen LogP) is 1.54. The van der Waals surface area contributed by atoms with Gasteiger partial charge in [0, 0.05) is 36.1 Å². The lowest BCUT2D eigenvalue weighted by molar-refractivity contribution is 0.182. The molecule has 5 rings (SSSR count). The van der Waals surface area contributed by atoms with Crippen LogP contribution in [0.4, 0.5) is 5.82 Å². The molecule has 1 aliphatic carbocycles. The minimum atomic E-state index is -0.231. The summed E-state index contributed by atoms with van der Waals surface area (Å²) in [4.78, 5) is 21.2. The van der Waals surface area contributed by atoms with Crippen molar-refractivity contribution < 1.29 is 4.74 Å². The Hall–Kier alpha value is -3.07. The van der Waals surface area contributed by atoms with E-state index in [9.17, 15) is 4.79 Å². The molecule has 2 unspecified atom stereocenters. The van der Waals surface area contributed by atoms with Crippen LogP contribution in [0.3, 0.4) is 0 Å². The Morgan fingerprint density at radius 1 is 1.18 bits per heavy atom. The summed E-state index contributed by atoms with van der Waals surface area (Å²) in [6, 6.07) is 6.66. The first kappa shape index (κ1) is 17.1. The van der Waals surface area contributed by atoms with E-state index in [2.05, 4.69) is 25.5 Å². The fourth-order valence-electron chi connectivity index (χ4n) is 3.67.